The first-order chi connectivity index (χ1) is 10.1. The lowest BCUT2D eigenvalue weighted by Crippen LogP contribution is -2.52. The molecule has 0 spiro atoms. The summed E-state index contributed by atoms with van der Waals surface area (Å²) < 4.78 is 5.76. The number of hydrogen-bond donors (Lipinski definition) is 1. The number of amides is 2. The van der Waals surface area contributed by atoms with Crippen LogP contribution < -0.4 is 10.1 Å². The summed E-state index contributed by atoms with van der Waals surface area (Å²) in [6.07, 6.45) is 0. The quantitative estimate of drug-likeness (QED) is 0.918. The molecule has 5 nitrogen and oxygen atoms in total. The van der Waals surface area contributed by atoms with Gasteiger partial charge in [-0.3, -0.25) is 0 Å². The molecule has 0 bridgehead atoms. The molecule has 116 valence electrons. The van der Waals surface area contributed by atoms with E-state index in [4.69, 9.17) is 4.74 Å². The molecule has 1 fully saturated rings. The molecule has 1 N–H and O–H groups in total. The zero-order valence-electron chi connectivity index (χ0n) is 13.1. The van der Waals surface area contributed by atoms with Gasteiger partial charge < -0.3 is 19.9 Å². The number of likely N-dealkylation sites (N-methyl/N-ethyl adjacent to an activating group) is 1. The van der Waals surface area contributed by atoms with Gasteiger partial charge in [0.1, 0.15) is 12.4 Å². The molecule has 0 unspecified atom stereocenters. The fourth-order valence-corrected chi connectivity index (χ4v) is 2.29. The number of para-hydroxylation sites is 1. The van der Waals surface area contributed by atoms with E-state index >= 15 is 0 Å². The molecule has 0 aliphatic carbocycles. The number of aryl methyl sites for hydroxylation is 1. The molecule has 2 amide bonds. The smallest absolute Gasteiger partial charge is 0.317 e. The largest absolute Gasteiger partial charge is 0.491 e. The number of urea groups is 1. The Morgan fingerprint density at radius 1 is 1.29 bits per heavy atom. The summed E-state index contributed by atoms with van der Waals surface area (Å²) in [4.78, 5) is 16.2. The van der Waals surface area contributed by atoms with Crippen molar-refractivity contribution < 1.29 is 9.53 Å². The second-order valence-electron chi connectivity index (χ2n) is 5.72. The molecule has 5 heteroatoms. The van der Waals surface area contributed by atoms with E-state index in [-0.39, 0.29) is 12.1 Å². The van der Waals surface area contributed by atoms with E-state index in [1.54, 1.807) is 0 Å². The predicted molar refractivity (Wildman–Crippen MR) is 83.7 cm³/mol. The number of nitrogens with zero attached hydrogens (tertiary/aromatic N) is 2. The van der Waals surface area contributed by atoms with Gasteiger partial charge in [0.2, 0.25) is 0 Å². The van der Waals surface area contributed by atoms with Crippen LogP contribution in [0.1, 0.15) is 12.5 Å². The van der Waals surface area contributed by atoms with Crippen LogP contribution in [0.15, 0.2) is 24.3 Å². The van der Waals surface area contributed by atoms with E-state index in [0.717, 1.165) is 37.5 Å². The Hall–Kier alpha value is -1.75. The van der Waals surface area contributed by atoms with Crippen LogP contribution in [0.3, 0.4) is 0 Å². The van der Waals surface area contributed by atoms with Gasteiger partial charge in [-0.05, 0) is 32.5 Å². The van der Waals surface area contributed by atoms with Gasteiger partial charge in [0.05, 0.1) is 6.04 Å². The maximum Gasteiger partial charge on any atom is 0.317 e. The summed E-state index contributed by atoms with van der Waals surface area (Å²) in [5.41, 5.74) is 1.11. The van der Waals surface area contributed by atoms with Gasteiger partial charge in [0.15, 0.2) is 0 Å². The summed E-state index contributed by atoms with van der Waals surface area (Å²) in [5, 5.41) is 3.00. The predicted octanol–water partition coefficient (Wildman–Crippen LogP) is 1.72. The van der Waals surface area contributed by atoms with Crippen molar-refractivity contribution >= 4 is 6.03 Å². The number of carbonyl (C=O) groups excluding carboxylic acids is 1. The molecule has 1 aromatic carbocycles. The van der Waals surface area contributed by atoms with Gasteiger partial charge in [0.25, 0.3) is 0 Å². The monoisotopic (exact) mass is 291 g/mol. The van der Waals surface area contributed by atoms with Crippen LogP contribution in [0, 0.1) is 6.92 Å². The van der Waals surface area contributed by atoms with Gasteiger partial charge in [-0.2, -0.15) is 0 Å². The van der Waals surface area contributed by atoms with E-state index in [0.29, 0.717) is 6.61 Å². The van der Waals surface area contributed by atoms with E-state index in [1.807, 2.05) is 43.0 Å². The molecule has 1 saturated heterocycles. The fraction of sp³-hybridized carbons (Fsp3) is 0.562. The summed E-state index contributed by atoms with van der Waals surface area (Å²) in [5.74, 6) is 0.873. The van der Waals surface area contributed by atoms with Crippen LogP contribution in [0.4, 0.5) is 4.79 Å². The molecular weight excluding hydrogens is 266 g/mol. The minimum absolute atomic E-state index is 0.00369. The molecule has 1 aliphatic rings. The van der Waals surface area contributed by atoms with Crippen molar-refractivity contribution in [2.45, 2.75) is 19.9 Å². The van der Waals surface area contributed by atoms with Crippen molar-refractivity contribution in [3.63, 3.8) is 0 Å². The molecule has 0 radical (unpaired) electrons. The average molecular weight is 291 g/mol. The van der Waals surface area contributed by atoms with Gasteiger partial charge in [-0.25, -0.2) is 4.79 Å². The first-order valence-electron chi connectivity index (χ1n) is 7.48. The zero-order chi connectivity index (χ0) is 15.2. The Bertz CT molecular complexity index is 470. The number of rotatable bonds is 4. The van der Waals surface area contributed by atoms with Crippen LogP contribution in [-0.4, -0.2) is 61.7 Å². The lowest BCUT2D eigenvalue weighted by atomic mass is 10.2. The number of ether oxygens (including phenoxy) is 1. The van der Waals surface area contributed by atoms with Crippen molar-refractivity contribution in [3.05, 3.63) is 29.8 Å². The molecule has 0 aromatic heterocycles. The van der Waals surface area contributed by atoms with Crippen molar-refractivity contribution in [1.82, 2.24) is 15.1 Å². The molecule has 1 aliphatic heterocycles. The Balaban J connectivity index is 1.75. The number of benzene rings is 1. The summed E-state index contributed by atoms with van der Waals surface area (Å²) in [7, 11) is 2.08. The summed E-state index contributed by atoms with van der Waals surface area (Å²) in [6, 6.07) is 7.89. The fourth-order valence-electron chi connectivity index (χ4n) is 2.29. The second-order valence-corrected chi connectivity index (χ2v) is 5.72. The van der Waals surface area contributed by atoms with Gasteiger partial charge in [-0.1, -0.05) is 18.2 Å². The van der Waals surface area contributed by atoms with Gasteiger partial charge in [0, 0.05) is 26.2 Å². The first-order valence-corrected chi connectivity index (χ1v) is 7.48. The topological polar surface area (TPSA) is 44.8 Å². The second kappa shape index (κ2) is 7.31. The normalized spacial score (nSPS) is 17.4. The molecule has 1 aromatic rings. The molecular formula is C16H25N3O2. The van der Waals surface area contributed by atoms with Crippen LogP contribution in [0.2, 0.25) is 0 Å². The molecule has 2 rings (SSSR count). The van der Waals surface area contributed by atoms with Crippen LogP contribution in [0.25, 0.3) is 0 Å². The van der Waals surface area contributed by atoms with E-state index in [9.17, 15) is 4.79 Å². The minimum Gasteiger partial charge on any atom is -0.491 e. The molecule has 21 heavy (non-hydrogen) atoms. The van der Waals surface area contributed by atoms with E-state index in [1.165, 1.54) is 0 Å². The van der Waals surface area contributed by atoms with Crippen LogP contribution >= 0.6 is 0 Å². The molecule has 1 atom stereocenters. The van der Waals surface area contributed by atoms with E-state index in [2.05, 4.69) is 17.3 Å². The third-order valence-corrected chi connectivity index (χ3v) is 3.74. The number of carbonyl (C=O) groups is 1. The zero-order valence-corrected chi connectivity index (χ0v) is 13.1. The SMILES string of the molecule is Cc1ccccc1OC[C@@H](C)NC(=O)N1CCN(C)CC1. The highest BCUT2D eigenvalue weighted by atomic mass is 16.5. The number of hydrogen-bond acceptors (Lipinski definition) is 3. The highest BCUT2D eigenvalue weighted by Crippen LogP contribution is 2.16. The average Bonchev–Trinajstić information content (AvgIpc) is 2.47. The standard InChI is InChI=1S/C16H25N3O2/c1-13-6-4-5-7-15(13)21-12-14(2)17-16(20)19-10-8-18(3)9-11-19/h4-7,14H,8-12H2,1-3H3,(H,17,20)/t14-/m1/s1. The number of nitrogens with one attached hydrogen (secondary N) is 1. The van der Waals surface area contributed by atoms with Crippen molar-refractivity contribution in [2.24, 2.45) is 0 Å². The van der Waals surface area contributed by atoms with Crippen LogP contribution in [-0.2, 0) is 0 Å². The maximum absolute atomic E-state index is 12.1. The van der Waals surface area contributed by atoms with Crippen LogP contribution in [0.5, 0.6) is 5.75 Å². The highest BCUT2D eigenvalue weighted by Gasteiger charge is 2.20. The maximum atomic E-state index is 12.1. The summed E-state index contributed by atoms with van der Waals surface area (Å²) in [6.45, 7) is 7.89. The van der Waals surface area contributed by atoms with Crippen molar-refractivity contribution in [3.8, 4) is 5.75 Å². The third kappa shape index (κ3) is 4.63. The number of piperazine rings is 1. The first kappa shape index (κ1) is 15.6. The Morgan fingerprint density at radius 3 is 2.62 bits per heavy atom. The lowest BCUT2D eigenvalue weighted by molar-refractivity contribution is 0.149. The van der Waals surface area contributed by atoms with Gasteiger partial charge >= 0.3 is 6.03 Å². The van der Waals surface area contributed by atoms with Crippen molar-refractivity contribution in [2.75, 3.05) is 39.8 Å². The Morgan fingerprint density at radius 2 is 1.95 bits per heavy atom. The Labute approximate surface area is 126 Å². The molecule has 0 saturated carbocycles. The van der Waals surface area contributed by atoms with Crippen molar-refractivity contribution in [1.29, 1.82) is 0 Å². The van der Waals surface area contributed by atoms with E-state index < -0.39 is 0 Å². The highest BCUT2D eigenvalue weighted by molar-refractivity contribution is 5.74. The minimum atomic E-state index is -0.0169. The van der Waals surface area contributed by atoms with Gasteiger partial charge in [-0.15, -0.1) is 0 Å². The Kier molecular flexibility index (Phi) is 5.44. The third-order valence-electron chi connectivity index (χ3n) is 3.74. The molecule has 1 heterocycles. The summed E-state index contributed by atoms with van der Waals surface area (Å²) >= 11 is 0. The lowest BCUT2D eigenvalue weighted by Gasteiger charge is -2.33.